The van der Waals surface area contributed by atoms with Gasteiger partial charge in [-0.15, -0.1) is 12.4 Å². The molecule has 0 aromatic heterocycles. The zero-order chi connectivity index (χ0) is 9.12. The molecule has 0 unspecified atom stereocenters. The van der Waals surface area contributed by atoms with Crippen molar-refractivity contribution in [1.82, 2.24) is 0 Å². The highest BCUT2D eigenvalue weighted by atomic mass is 35.5. The maximum absolute atomic E-state index is 10.5. The highest BCUT2D eigenvalue weighted by Gasteiger charge is 2.19. The third-order valence-corrected chi connectivity index (χ3v) is 3.53. The maximum Gasteiger partial charge on any atom is 0.284 e. The molecule has 6 nitrogen and oxygen atoms in total. The van der Waals surface area contributed by atoms with E-state index >= 15 is 0 Å². The largest absolute Gasteiger partial charge is 0.285 e. The highest BCUT2D eigenvalue weighted by Crippen LogP contribution is 1.96. The zero-order valence-electron chi connectivity index (χ0n) is 6.13. The number of rotatable bonds is 4. The first kappa shape index (κ1) is 14.6. The van der Waals surface area contributed by atoms with Crippen molar-refractivity contribution in [1.29, 1.82) is 0 Å². The molecule has 0 saturated carbocycles. The van der Waals surface area contributed by atoms with Crippen molar-refractivity contribution in [3.8, 4) is 0 Å². The van der Waals surface area contributed by atoms with Crippen molar-refractivity contribution >= 4 is 32.6 Å². The lowest BCUT2D eigenvalue weighted by atomic mass is 10.9. The van der Waals surface area contributed by atoms with Crippen LogP contribution in [0, 0.1) is 0 Å². The average Bonchev–Trinajstić information content (AvgIpc) is 1.55. The molecule has 0 bridgehead atoms. The van der Waals surface area contributed by atoms with Gasteiger partial charge < -0.3 is 0 Å². The maximum atomic E-state index is 10.5. The summed E-state index contributed by atoms with van der Waals surface area (Å²) in [6, 6.07) is 0. The third kappa shape index (κ3) is 8.21. The Kier molecular flexibility index (Phi) is 6.06. The number of hydrogen-bond donors (Lipinski definition) is 1. The molecule has 76 valence electrons. The molecule has 0 aliphatic heterocycles. The molecule has 0 amide bonds. The van der Waals surface area contributed by atoms with Crippen molar-refractivity contribution in [3.05, 3.63) is 0 Å². The first-order valence-electron chi connectivity index (χ1n) is 2.59. The van der Waals surface area contributed by atoms with E-state index in [-0.39, 0.29) is 19.0 Å². The van der Waals surface area contributed by atoms with Crippen LogP contribution in [0.2, 0.25) is 0 Å². The van der Waals surface area contributed by atoms with Gasteiger partial charge in [0.25, 0.3) is 20.2 Å². The van der Waals surface area contributed by atoms with E-state index in [1.165, 1.54) is 6.92 Å². The first-order valence-corrected chi connectivity index (χ1v) is 5.78. The van der Waals surface area contributed by atoms with Gasteiger partial charge in [-0.05, 0) is 6.92 Å². The molecule has 0 spiro atoms. The van der Waals surface area contributed by atoms with Crippen LogP contribution >= 0.6 is 12.4 Å². The summed E-state index contributed by atoms with van der Waals surface area (Å²) in [6.45, 7) is 1.24. The van der Waals surface area contributed by atoms with Crippen LogP contribution in [0.1, 0.15) is 6.92 Å². The molecule has 0 saturated heterocycles. The second-order valence-corrected chi connectivity index (χ2v) is 5.12. The van der Waals surface area contributed by atoms with Crippen LogP contribution in [0.15, 0.2) is 0 Å². The van der Waals surface area contributed by atoms with Gasteiger partial charge in [-0.25, -0.2) is 0 Å². The molecule has 0 rings (SSSR count). The Labute approximate surface area is 77.2 Å². The summed E-state index contributed by atoms with van der Waals surface area (Å²) in [5.41, 5.74) is 0. The minimum atomic E-state index is -4.52. The third-order valence-electron chi connectivity index (χ3n) is 0.591. The van der Waals surface area contributed by atoms with Crippen molar-refractivity contribution in [3.63, 3.8) is 0 Å². The van der Waals surface area contributed by atoms with Crippen LogP contribution in [0.5, 0.6) is 0 Å². The van der Waals surface area contributed by atoms with Crippen molar-refractivity contribution in [2.24, 2.45) is 0 Å². The normalized spacial score (nSPS) is 12.2. The Morgan fingerprint density at radius 2 is 1.67 bits per heavy atom. The predicted molar refractivity (Wildman–Crippen MR) is 44.2 cm³/mol. The minimum absolute atomic E-state index is 0. The highest BCUT2D eigenvalue weighted by molar-refractivity contribution is 8.03. The van der Waals surface area contributed by atoms with Gasteiger partial charge in [0.15, 0.2) is 0 Å². The van der Waals surface area contributed by atoms with Gasteiger partial charge in [-0.1, -0.05) is 0 Å². The molecule has 0 aromatic rings. The van der Waals surface area contributed by atoms with E-state index in [9.17, 15) is 16.8 Å². The second kappa shape index (κ2) is 4.97. The van der Waals surface area contributed by atoms with Crippen molar-refractivity contribution in [2.75, 3.05) is 11.7 Å². The average molecular weight is 241 g/mol. The fraction of sp³-hybridized carbons (Fsp3) is 1.00. The number of halogens is 1. The predicted octanol–water partition coefficient (Wildman–Crippen LogP) is -0.380. The van der Waals surface area contributed by atoms with E-state index in [2.05, 4.69) is 4.18 Å². The van der Waals surface area contributed by atoms with E-state index in [1.54, 1.807) is 0 Å². The Bertz CT molecular complexity index is 302. The molecule has 0 aromatic carbocycles. The van der Waals surface area contributed by atoms with Gasteiger partial charge in [0.2, 0.25) is 5.08 Å². The molecule has 12 heavy (non-hydrogen) atoms. The monoisotopic (exact) mass is 240 g/mol. The quantitative estimate of drug-likeness (QED) is 0.531. The van der Waals surface area contributed by atoms with Gasteiger partial charge in [-0.3, -0.25) is 8.74 Å². The minimum Gasteiger partial charge on any atom is -0.285 e. The summed E-state index contributed by atoms with van der Waals surface area (Å²) >= 11 is 0. The van der Waals surface area contributed by atoms with Gasteiger partial charge in [0.1, 0.15) is 0 Å². The molecule has 0 fully saturated rings. The Morgan fingerprint density at radius 1 is 1.25 bits per heavy atom. The fourth-order valence-corrected chi connectivity index (χ4v) is 2.49. The molecule has 0 aliphatic rings. The smallest absolute Gasteiger partial charge is 0.284 e. The van der Waals surface area contributed by atoms with Crippen LogP contribution in [0.4, 0.5) is 0 Å². The van der Waals surface area contributed by atoms with Crippen LogP contribution in [-0.4, -0.2) is 33.1 Å². The van der Waals surface area contributed by atoms with Gasteiger partial charge in [-0.2, -0.15) is 16.8 Å². The van der Waals surface area contributed by atoms with Crippen LogP contribution < -0.4 is 0 Å². The van der Waals surface area contributed by atoms with E-state index < -0.39 is 25.3 Å². The summed E-state index contributed by atoms with van der Waals surface area (Å²) in [5, 5.41) is -1.40. The molecule has 0 heterocycles. The Balaban J connectivity index is 0. The molecule has 1 N–H and O–H groups in total. The fourth-order valence-electron chi connectivity index (χ4n) is 0.396. The van der Waals surface area contributed by atoms with Crippen LogP contribution in [-0.2, 0) is 24.4 Å². The van der Waals surface area contributed by atoms with Crippen molar-refractivity contribution < 1.29 is 25.6 Å². The van der Waals surface area contributed by atoms with E-state index in [0.29, 0.717) is 0 Å². The summed E-state index contributed by atoms with van der Waals surface area (Å²) in [7, 11) is -8.64. The SMILES string of the molecule is CCOS(=O)(=O)CS(=O)(=O)O.Cl. The second-order valence-electron chi connectivity index (χ2n) is 1.66. The topological polar surface area (TPSA) is 97.7 Å². The summed E-state index contributed by atoms with van der Waals surface area (Å²) in [6.07, 6.45) is 0. The lowest BCUT2D eigenvalue weighted by Gasteiger charge is -1.98. The molecular weight excluding hydrogens is 232 g/mol. The van der Waals surface area contributed by atoms with Crippen LogP contribution in [0.25, 0.3) is 0 Å². The van der Waals surface area contributed by atoms with Crippen molar-refractivity contribution in [2.45, 2.75) is 6.92 Å². The lowest BCUT2D eigenvalue weighted by Crippen LogP contribution is -2.17. The first-order chi connectivity index (χ1) is 4.77. The Morgan fingerprint density at radius 3 is 1.92 bits per heavy atom. The lowest BCUT2D eigenvalue weighted by molar-refractivity contribution is 0.340. The van der Waals surface area contributed by atoms with E-state index in [4.69, 9.17) is 4.55 Å². The molecule has 0 radical (unpaired) electrons. The van der Waals surface area contributed by atoms with E-state index in [1.807, 2.05) is 0 Å². The van der Waals surface area contributed by atoms with Gasteiger partial charge >= 0.3 is 0 Å². The molecule has 0 atom stereocenters. The standard InChI is InChI=1S/C3H8O6S2.ClH/c1-2-9-11(7,8)3-10(4,5)6;/h2-3H2,1H3,(H,4,5,6);1H. The van der Waals surface area contributed by atoms with Gasteiger partial charge in [0, 0.05) is 0 Å². The summed E-state index contributed by atoms with van der Waals surface area (Å²) in [4.78, 5) is 0. The number of hydrogen-bond acceptors (Lipinski definition) is 5. The molecule has 9 heteroatoms. The summed E-state index contributed by atoms with van der Waals surface area (Å²) < 4.78 is 53.1. The van der Waals surface area contributed by atoms with Crippen LogP contribution in [0.3, 0.4) is 0 Å². The Hall–Kier alpha value is 0.110. The molecule has 0 aliphatic carbocycles. The van der Waals surface area contributed by atoms with E-state index in [0.717, 1.165) is 0 Å². The molecular formula is C3H9ClO6S2. The summed E-state index contributed by atoms with van der Waals surface area (Å²) in [5.74, 6) is 0. The zero-order valence-corrected chi connectivity index (χ0v) is 8.58. The van der Waals surface area contributed by atoms with Gasteiger partial charge in [0.05, 0.1) is 6.61 Å².